The van der Waals surface area contributed by atoms with Crippen molar-refractivity contribution in [2.24, 2.45) is 0 Å². The Morgan fingerprint density at radius 2 is 1.97 bits per heavy atom. The molecule has 0 radical (unpaired) electrons. The van der Waals surface area contributed by atoms with Gasteiger partial charge in [0.2, 0.25) is 0 Å². The van der Waals surface area contributed by atoms with Crippen LogP contribution in [0.3, 0.4) is 0 Å². The first-order valence-corrected chi connectivity index (χ1v) is 10.8. The lowest BCUT2D eigenvalue weighted by Crippen LogP contribution is -2.35. The number of fused-ring (bicyclic) bond motifs is 1. The fourth-order valence-electron chi connectivity index (χ4n) is 4.63. The predicted molar refractivity (Wildman–Crippen MR) is 119 cm³/mol. The second kappa shape index (κ2) is 9.02. The fraction of sp³-hybridized carbons (Fsp3) is 0.400. The van der Waals surface area contributed by atoms with Crippen molar-refractivity contribution in [2.75, 3.05) is 13.7 Å². The lowest BCUT2D eigenvalue weighted by molar-refractivity contribution is -0.00249. The Morgan fingerprint density at radius 3 is 2.65 bits per heavy atom. The fourth-order valence-corrected chi connectivity index (χ4v) is 4.63. The Hall–Kier alpha value is -2.99. The monoisotopic (exact) mass is 423 g/mol. The van der Waals surface area contributed by atoms with Gasteiger partial charge in [0.25, 0.3) is 0 Å². The van der Waals surface area contributed by atoms with Crippen LogP contribution in [-0.2, 0) is 4.74 Å². The van der Waals surface area contributed by atoms with Crippen molar-refractivity contribution in [3.8, 4) is 11.5 Å². The second-order valence-corrected chi connectivity index (χ2v) is 8.07. The molecular formula is C25H29NO5. The molecule has 6 nitrogen and oxygen atoms in total. The zero-order chi connectivity index (χ0) is 22.0. The van der Waals surface area contributed by atoms with Crippen molar-refractivity contribution in [2.45, 2.75) is 51.2 Å². The molecule has 0 aliphatic heterocycles. The molecule has 1 aliphatic rings. The second-order valence-electron chi connectivity index (χ2n) is 8.07. The van der Waals surface area contributed by atoms with Crippen LogP contribution >= 0.6 is 0 Å². The quantitative estimate of drug-likeness (QED) is 0.539. The normalized spacial score (nSPS) is 21.2. The van der Waals surface area contributed by atoms with E-state index in [0.29, 0.717) is 6.61 Å². The molecule has 3 aromatic rings. The molecule has 1 aliphatic carbocycles. The van der Waals surface area contributed by atoms with E-state index in [1.165, 1.54) is 0 Å². The Balaban J connectivity index is 1.69. The molecule has 164 valence electrons. The van der Waals surface area contributed by atoms with Gasteiger partial charge in [0.1, 0.15) is 6.10 Å². The maximum atomic E-state index is 11.3. The Labute approximate surface area is 182 Å². The number of methoxy groups -OCH3 is 1. The third-order valence-electron chi connectivity index (χ3n) is 6.17. The molecule has 0 bridgehead atoms. The highest BCUT2D eigenvalue weighted by atomic mass is 16.5. The number of hydrogen-bond acceptors (Lipinski definition) is 4. The molecule has 4 rings (SSSR count). The van der Waals surface area contributed by atoms with Gasteiger partial charge in [-0.15, -0.1) is 0 Å². The van der Waals surface area contributed by atoms with E-state index in [2.05, 4.69) is 4.98 Å². The minimum atomic E-state index is -0.922. The summed E-state index contributed by atoms with van der Waals surface area (Å²) in [6.45, 7) is 4.74. The number of rotatable bonds is 7. The van der Waals surface area contributed by atoms with Gasteiger partial charge in [-0.25, -0.2) is 4.79 Å². The maximum Gasteiger partial charge on any atom is 0.335 e. The lowest BCUT2D eigenvalue weighted by Gasteiger charge is -2.36. The van der Waals surface area contributed by atoms with E-state index < -0.39 is 5.97 Å². The molecule has 1 fully saturated rings. The van der Waals surface area contributed by atoms with E-state index in [-0.39, 0.29) is 23.7 Å². The van der Waals surface area contributed by atoms with Gasteiger partial charge >= 0.3 is 5.97 Å². The van der Waals surface area contributed by atoms with Gasteiger partial charge in [0.15, 0.2) is 11.5 Å². The van der Waals surface area contributed by atoms with Gasteiger partial charge in [0.05, 0.1) is 24.3 Å². The number of aryl methyl sites for hydroxylation is 1. The lowest BCUT2D eigenvalue weighted by atomic mass is 9.79. The molecule has 2 aromatic carbocycles. The van der Waals surface area contributed by atoms with Gasteiger partial charge in [-0.05, 0) is 68.5 Å². The van der Waals surface area contributed by atoms with Crippen molar-refractivity contribution in [1.82, 2.24) is 4.98 Å². The van der Waals surface area contributed by atoms with Crippen LogP contribution in [0.1, 0.15) is 53.6 Å². The molecule has 0 spiro atoms. The number of aromatic nitrogens is 1. The summed E-state index contributed by atoms with van der Waals surface area (Å²) >= 11 is 0. The summed E-state index contributed by atoms with van der Waals surface area (Å²) in [5.74, 6) is 0.635. The van der Waals surface area contributed by atoms with Gasteiger partial charge in [-0.1, -0.05) is 12.1 Å². The smallest absolute Gasteiger partial charge is 0.335 e. The van der Waals surface area contributed by atoms with Gasteiger partial charge < -0.3 is 24.3 Å². The highest BCUT2D eigenvalue weighted by Crippen LogP contribution is 2.43. The summed E-state index contributed by atoms with van der Waals surface area (Å²) < 4.78 is 18.3. The van der Waals surface area contributed by atoms with Crippen LogP contribution < -0.4 is 9.47 Å². The van der Waals surface area contributed by atoms with Crippen molar-refractivity contribution >= 4 is 16.9 Å². The van der Waals surface area contributed by atoms with Crippen LogP contribution in [-0.4, -0.2) is 42.0 Å². The van der Waals surface area contributed by atoms with E-state index in [4.69, 9.17) is 14.2 Å². The molecular weight excluding hydrogens is 394 g/mol. The summed E-state index contributed by atoms with van der Waals surface area (Å²) in [6.07, 6.45) is 4.61. The van der Waals surface area contributed by atoms with Crippen LogP contribution in [0.4, 0.5) is 0 Å². The average molecular weight is 424 g/mol. The van der Waals surface area contributed by atoms with Crippen molar-refractivity contribution in [3.63, 3.8) is 0 Å². The SMILES string of the molecule is CCO[C@H]1CC[C@H](Oc2c(OC)cc(C)c3[nH]ccc23)[C@H](c2ccc(C(=O)O)cc2)C1. The van der Waals surface area contributed by atoms with Crippen LogP contribution in [0.25, 0.3) is 10.9 Å². The summed E-state index contributed by atoms with van der Waals surface area (Å²) in [6, 6.07) is 11.1. The number of benzene rings is 2. The first-order chi connectivity index (χ1) is 15.0. The van der Waals surface area contributed by atoms with Crippen LogP contribution in [0.2, 0.25) is 0 Å². The number of aromatic amines is 1. The maximum absolute atomic E-state index is 11.3. The highest BCUT2D eigenvalue weighted by Gasteiger charge is 2.34. The standard InChI is InChI=1S/C25H29NO5/c1-4-30-18-9-10-21(20(14-18)16-5-7-17(8-6-16)25(27)28)31-24-19-11-12-26-23(19)15(2)13-22(24)29-3/h5-8,11-13,18,20-21,26H,4,9-10,14H2,1-3H3,(H,27,28)/t18-,20-,21-/m0/s1. The summed E-state index contributed by atoms with van der Waals surface area (Å²) in [4.78, 5) is 14.6. The van der Waals surface area contributed by atoms with Crippen LogP contribution in [0.15, 0.2) is 42.6 Å². The van der Waals surface area contributed by atoms with E-state index in [1.54, 1.807) is 19.2 Å². The third-order valence-corrected chi connectivity index (χ3v) is 6.17. The van der Waals surface area contributed by atoms with Gasteiger partial charge in [-0.3, -0.25) is 0 Å². The van der Waals surface area contributed by atoms with E-state index >= 15 is 0 Å². The summed E-state index contributed by atoms with van der Waals surface area (Å²) in [7, 11) is 1.66. The Kier molecular flexibility index (Phi) is 6.18. The molecule has 1 saturated carbocycles. The van der Waals surface area contributed by atoms with Gasteiger partial charge in [0, 0.05) is 24.1 Å². The third kappa shape index (κ3) is 4.26. The van der Waals surface area contributed by atoms with Crippen LogP contribution in [0, 0.1) is 6.92 Å². The molecule has 0 saturated heterocycles. The topological polar surface area (TPSA) is 80.8 Å². The Morgan fingerprint density at radius 1 is 1.19 bits per heavy atom. The number of carboxylic acid groups (broad SMARTS) is 1. The number of nitrogens with one attached hydrogen (secondary N) is 1. The zero-order valence-electron chi connectivity index (χ0n) is 18.2. The Bertz CT molecular complexity index is 1060. The van der Waals surface area contributed by atoms with Crippen molar-refractivity contribution in [1.29, 1.82) is 0 Å². The minimum absolute atomic E-state index is 0.0675. The minimum Gasteiger partial charge on any atom is -0.493 e. The largest absolute Gasteiger partial charge is 0.493 e. The molecule has 0 amide bonds. The molecule has 6 heteroatoms. The zero-order valence-corrected chi connectivity index (χ0v) is 18.2. The first kappa shape index (κ1) is 21.2. The number of carboxylic acids is 1. The predicted octanol–water partition coefficient (Wildman–Crippen LogP) is 5.30. The summed E-state index contributed by atoms with van der Waals surface area (Å²) in [5.41, 5.74) is 3.50. The molecule has 0 unspecified atom stereocenters. The van der Waals surface area contributed by atoms with Crippen molar-refractivity contribution in [3.05, 3.63) is 59.3 Å². The molecule has 2 N–H and O–H groups in total. The molecule has 31 heavy (non-hydrogen) atoms. The molecule has 3 atom stereocenters. The molecule has 1 heterocycles. The highest BCUT2D eigenvalue weighted by molar-refractivity contribution is 5.91. The van der Waals surface area contributed by atoms with Crippen molar-refractivity contribution < 1.29 is 24.1 Å². The number of aromatic carboxylic acids is 1. The van der Waals surface area contributed by atoms with E-state index in [9.17, 15) is 9.90 Å². The number of hydrogen-bond donors (Lipinski definition) is 2. The molecule has 1 aromatic heterocycles. The summed E-state index contributed by atoms with van der Waals surface area (Å²) in [5, 5.41) is 10.2. The number of ether oxygens (including phenoxy) is 3. The average Bonchev–Trinajstić information content (AvgIpc) is 3.27. The first-order valence-electron chi connectivity index (χ1n) is 10.8. The van der Waals surface area contributed by atoms with Gasteiger partial charge in [-0.2, -0.15) is 0 Å². The number of H-pyrrole nitrogens is 1. The van der Waals surface area contributed by atoms with E-state index in [0.717, 1.165) is 52.8 Å². The van der Waals surface area contributed by atoms with Crippen LogP contribution in [0.5, 0.6) is 11.5 Å². The van der Waals surface area contributed by atoms with E-state index in [1.807, 2.05) is 44.3 Å². The number of carbonyl (C=O) groups is 1.